The lowest BCUT2D eigenvalue weighted by Gasteiger charge is -2.48. The van der Waals surface area contributed by atoms with Crippen molar-refractivity contribution in [3.8, 4) is 0 Å². The van der Waals surface area contributed by atoms with E-state index in [4.69, 9.17) is 9.72 Å². The molecule has 1 aromatic carbocycles. The fraction of sp³-hybridized carbons (Fsp3) is 0.484. The number of pyridine rings is 1. The molecule has 236 valence electrons. The van der Waals surface area contributed by atoms with E-state index in [1.54, 1.807) is 23.4 Å². The number of benzene rings is 1. The van der Waals surface area contributed by atoms with Crippen LogP contribution in [0.25, 0.3) is 10.8 Å². The molecular formula is C31H40FN7O4S. The van der Waals surface area contributed by atoms with Crippen LogP contribution in [0.3, 0.4) is 0 Å². The maximum absolute atomic E-state index is 14.5. The molecule has 0 radical (unpaired) electrons. The molecule has 0 aliphatic carbocycles. The van der Waals surface area contributed by atoms with Crippen molar-refractivity contribution in [1.29, 1.82) is 0 Å². The third kappa shape index (κ3) is 6.63. The Kier molecular flexibility index (Phi) is 8.81. The van der Waals surface area contributed by atoms with Crippen LogP contribution in [-0.2, 0) is 24.9 Å². The standard InChI is InChI=1S/C31H40FN7O4S/c1-7-29(40)37-31(3,4)23-8-9-25(39-16-20(19(39)2)18-44(6,41)42)22-15-34-28(14-21(22)23)35-27-10-12-33-30(36-27)38-13-11-26(43-5)24(32)17-38/h7-10,12,14-15,19-20,24,26H,1,11,13,16-18H2,2-6H3,(H,37,40)(H,33,34,35,36)/t19-,20-,24-,26+/m1/s1. The monoisotopic (exact) mass is 625 g/mol. The first kappa shape index (κ1) is 31.6. The Balaban J connectivity index is 1.48. The zero-order valence-electron chi connectivity index (χ0n) is 25.7. The fourth-order valence-electron chi connectivity index (χ4n) is 6.13. The molecule has 2 saturated heterocycles. The van der Waals surface area contributed by atoms with Gasteiger partial charge in [0.05, 0.1) is 23.9 Å². The van der Waals surface area contributed by atoms with E-state index in [2.05, 4.69) is 32.1 Å². The maximum atomic E-state index is 14.5. The lowest BCUT2D eigenvalue weighted by atomic mass is 9.86. The summed E-state index contributed by atoms with van der Waals surface area (Å²) in [6.45, 7) is 10.8. The first-order chi connectivity index (χ1) is 20.8. The number of methoxy groups -OCH3 is 1. The summed E-state index contributed by atoms with van der Waals surface area (Å²) in [5, 5.41) is 8.01. The number of nitrogens with zero attached hydrogens (tertiary/aromatic N) is 5. The van der Waals surface area contributed by atoms with Gasteiger partial charge in [0.2, 0.25) is 11.9 Å². The molecule has 0 spiro atoms. The van der Waals surface area contributed by atoms with Gasteiger partial charge in [0.15, 0.2) is 0 Å². The van der Waals surface area contributed by atoms with Crippen LogP contribution in [0.2, 0.25) is 0 Å². The molecule has 1 amide bonds. The molecule has 11 nitrogen and oxygen atoms in total. The van der Waals surface area contributed by atoms with Crippen molar-refractivity contribution in [3.63, 3.8) is 0 Å². The minimum Gasteiger partial charge on any atom is -0.378 e. The molecule has 3 aromatic rings. The van der Waals surface area contributed by atoms with Crippen LogP contribution in [0.1, 0.15) is 32.8 Å². The molecule has 0 bridgehead atoms. The van der Waals surface area contributed by atoms with Gasteiger partial charge in [-0.15, -0.1) is 0 Å². The van der Waals surface area contributed by atoms with Gasteiger partial charge in [0.25, 0.3) is 0 Å². The highest BCUT2D eigenvalue weighted by Gasteiger charge is 2.39. The number of rotatable bonds is 10. The van der Waals surface area contributed by atoms with E-state index in [-0.39, 0.29) is 30.2 Å². The molecule has 0 unspecified atom stereocenters. The minimum absolute atomic E-state index is 0.0300. The molecule has 4 heterocycles. The summed E-state index contributed by atoms with van der Waals surface area (Å²) in [4.78, 5) is 30.0. The Hall–Kier alpha value is -3.84. The quantitative estimate of drug-likeness (QED) is 0.322. The van der Waals surface area contributed by atoms with Gasteiger partial charge < -0.3 is 25.2 Å². The Morgan fingerprint density at radius 1 is 1.20 bits per heavy atom. The molecule has 2 N–H and O–H groups in total. The molecule has 2 fully saturated rings. The highest BCUT2D eigenvalue weighted by Crippen LogP contribution is 2.40. The van der Waals surface area contributed by atoms with E-state index < -0.39 is 27.7 Å². The van der Waals surface area contributed by atoms with Crippen molar-refractivity contribution in [3.05, 3.63) is 54.9 Å². The molecule has 44 heavy (non-hydrogen) atoms. The van der Waals surface area contributed by atoms with Crippen molar-refractivity contribution in [2.45, 2.75) is 51.0 Å². The molecule has 2 aromatic heterocycles. The van der Waals surface area contributed by atoms with Gasteiger partial charge in [-0.25, -0.2) is 22.8 Å². The molecule has 2 aliphatic heterocycles. The predicted molar refractivity (Wildman–Crippen MR) is 171 cm³/mol. The largest absolute Gasteiger partial charge is 0.378 e. The van der Waals surface area contributed by atoms with Gasteiger partial charge in [-0.3, -0.25) is 4.79 Å². The normalized spacial score (nSPS) is 22.4. The van der Waals surface area contributed by atoms with Crippen molar-refractivity contribution >= 4 is 49.8 Å². The summed E-state index contributed by atoms with van der Waals surface area (Å²) >= 11 is 0. The van der Waals surface area contributed by atoms with E-state index in [0.717, 1.165) is 22.0 Å². The first-order valence-electron chi connectivity index (χ1n) is 14.6. The second-order valence-electron chi connectivity index (χ2n) is 12.2. The Bertz CT molecular complexity index is 1670. The second kappa shape index (κ2) is 12.3. The van der Waals surface area contributed by atoms with Crippen molar-refractivity contribution in [1.82, 2.24) is 20.3 Å². The number of hydrogen-bond donors (Lipinski definition) is 2. The molecule has 2 aliphatic rings. The summed E-state index contributed by atoms with van der Waals surface area (Å²) < 4.78 is 43.6. The van der Waals surface area contributed by atoms with Crippen LogP contribution in [0.5, 0.6) is 0 Å². The van der Waals surface area contributed by atoms with E-state index in [1.807, 2.05) is 39.0 Å². The number of piperidine rings is 1. The first-order valence-corrected chi connectivity index (χ1v) is 16.7. The average Bonchev–Trinajstić information content (AvgIpc) is 2.97. The van der Waals surface area contributed by atoms with Gasteiger partial charge in [0.1, 0.15) is 27.6 Å². The topological polar surface area (TPSA) is 130 Å². The van der Waals surface area contributed by atoms with E-state index in [1.165, 1.54) is 19.4 Å². The van der Waals surface area contributed by atoms with E-state index >= 15 is 0 Å². The van der Waals surface area contributed by atoms with Crippen LogP contribution in [-0.4, -0.2) is 86.3 Å². The van der Waals surface area contributed by atoms with Crippen molar-refractivity contribution < 1.29 is 22.3 Å². The number of carbonyl (C=O) groups is 1. The zero-order chi connectivity index (χ0) is 31.8. The third-order valence-electron chi connectivity index (χ3n) is 8.57. The van der Waals surface area contributed by atoms with Gasteiger partial charge >= 0.3 is 0 Å². The lowest BCUT2D eigenvalue weighted by molar-refractivity contribution is -0.118. The number of hydrogen-bond acceptors (Lipinski definition) is 10. The maximum Gasteiger partial charge on any atom is 0.244 e. The number of halogens is 1. The second-order valence-corrected chi connectivity index (χ2v) is 14.4. The number of carbonyl (C=O) groups excluding carboxylic acids is 1. The van der Waals surface area contributed by atoms with Crippen LogP contribution in [0.15, 0.2) is 49.3 Å². The fourth-order valence-corrected chi connectivity index (χ4v) is 7.29. The van der Waals surface area contributed by atoms with Crippen LogP contribution < -0.4 is 20.4 Å². The van der Waals surface area contributed by atoms with Gasteiger partial charge in [-0.05, 0) is 62.4 Å². The number of nitrogens with one attached hydrogen (secondary N) is 2. The summed E-state index contributed by atoms with van der Waals surface area (Å²) in [5.41, 5.74) is 1.06. The Morgan fingerprint density at radius 3 is 2.64 bits per heavy atom. The van der Waals surface area contributed by atoms with Gasteiger partial charge in [-0.1, -0.05) is 12.6 Å². The summed E-state index contributed by atoms with van der Waals surface area (Å²) in [7, 11) is -1.57. The highest BCUT2D eigenvalue weighted by molar-refractivity contribution is 7.90. The zero-order valence-corrected chi connectivity index (χ0v) is 26.6. The van der Waals surface area contributed by atoms with E-state index in [9.17, 15) is 17.6 Å². The van der Waals surface area contributed by atoms with Crippen LogP contribution >= 0.6 is 0 Å². The highest BCUT2D eigenvalue weighted by atomic mass is 32.2. The number of ether oxygens (including phenoxy) is 1. The number of fused-ring (bicyclic) bond motifs is 1. The average molecular weight is 626 g/mol. The summed E-state index contributed by atoms with van der Waals surface area (Å²) in [6.07, 6.45) is 4.89. The molecule has 0 saturated carbocycles. The predicted octanol–water partition coefficient (Wildman–Crippen LogP) is 3.74. The number of aromatic nitrogens is 3. The van der Waals surface area contributed by atoms with Crippen LogP contribution in [0.4, 0.5) is 27.7 Å². The summed E-state index contributed by atoms with van der Waals surface area (Å²) in [6, 6.07) is 7.66. The summed E-state index contributed by atoms with van der Waals surface area (Å²) in [5.74, 6) is 1.34. The third-order valence-corrected chi connectivity index (χ3v) is 9.60. The van der Waals surface area contributed by atoms with Gasteiger partial charge in [0, 0.05) is 61.9 Å². The molecule has 13 heteroatoms. The SMILES string of the molecule is C=CC(=O)NC(C)(C)c1ccc(N2C[C@H](CS(C)(=O)=O)[C@H]2C)c2cnc(Nc3ccnc(N4CC[C@H](OC)[C@H](F)C4)n3)cc12. The molecule has 5 rings (SSSR count). The number of amides is 1. The Labute approximate surface area is 257 Å². The van der Waals surface area contributed by atoms with Crippen molar-refractivity contribution in [2.75, 3.05) is 53.9 Å². The number of anilines is 4. The molecular weight excluding hydrogens is 585 g/mol. The smallest absolute Gasteiger partial charge is 0.244 e. The minimum atomic E-state index is -3.09. The Morgan fingerprint density at radius 2 is 1.98 bits per heavy atom. The number of sulfone groups is 1. The van der Waals surface area contributed by atoms with E-state index in [0.29, 0.717) is 37.1 Å². The lowest BCUT2D eigenvalue weighted by Crippen LogP contribution is -2.57. The number of alkyl halides is 1. The molecule has 4 atom stereocenters. The van der Waals surface area contributed by atoms with Crippen LogP contribution in [0, 0.1) is 5.92 Å². The van der Waals surface area contributed by atoms with Gasteiger partial charge in [-0.2, -0.15) is 4.98 Å². The van der Waals surface area contributed by atoms with Crippen molar-refractivity contribution in [2.24, 2.45) is 5.92 Å².